The molecule has 7 nitrogen and oxygen atoms in total. The zero-order chi connectivity index (χ0) is 19.3. The molecule has 0 atom stereocenters. The Morgan fingerprint density at radius 2 is 1.89 bits per heavy atom. The minimum Gasteiger partial charge on any atom is -0.382 e. The first-order valence-electron chi connectivity index (χ1n) is 8.38. The summed E-state index contributed by atoms with van der Waals surface area (Å²) in [5.74, 6) is -0.657. The number of nitrogens with one attached hydrogen (secondary N) is 2. The Hall–Kier alpha value is -4.01. The molecule has 3 heterocycles. The van der Waals surface area contributed by atoms with Crippen LogP contribution in [0.5, 0.6) is 0 Å². The van der Waals surface area contributed by atoms with Crippen LogP contribution in [0.1, 0.15) is 0 Å². The molecule has 0 radical (unpaired) electrons. The molecular weight excluding hydrogens is 364 g/mol. The van der Waals surface area contributed by atoms with E-state index in [9.17, 15) is 8.78 Å². The molecule has 2 aromatic carbocycles. The van der Waals surface area contributed by atoms with Gasteiger partial charge in [-0.25, -0.2) is 23.3 Å². The second-order valence-corrected chi connectivity index (χ2v) is 6.24. The van der Waals surface area contributed by atoms with Crippen molar-refractivity contribution in [2.24, 2.45) is 0 Å². The van der Waals surface area contributed by atoms with E-state index in [4.69, 9.17) is 5.73 Å². The molecule has 0 amide bonds. The molecule has 4 N–H and O–H groups in total. The molecule has 3 aromatic heterocycles. The number of benzene rings is 2. The lowest BCUT2D eigenvalue weighted by Gasteiger charge is -2.05. The van der Waals surface area contributed by atoms with Gasteiger partial charge in [-0.15, -0.1) is 0 Å². The molecule has 138 valence electrons. The Morgan fingerprint density at radius 3 is 2.71 bits per heavy atom. The normalized spacial score (nSPS) is 11.4. The first-order chi connectivity index (χ1) is 13.6. The Balaban J connectivity index is 1.46. The minimum absolute atomic E-state index is 0.0799. The molecular formula is C19H13F2N7. The molecule has 5 rings (SSSR count). The minimum atomic E-state index is -0.713. The van der Waals surface area contributed by atoms with Crippen LogP contribution in [0.25, 0.3) is 27.7 Å². The first-order valence-corrected chi connectivity index (χ1v) is 8.38. The molecule has 0 aliphatic carbocycles. The van der Waals surface area contributed by atoms with Gasteiger partial charge in [-0.1, -0.05) is 12.1 Å². The van der Waals surface area contributed by atoms with Crippen LogP contribution in [-0.4, -0.2) is 24.6 Å². The van der Waals surface area contributed by atoms with Gasteiger partial charge in [0.25, 0.3) is 0 Å². The number of H-pyrrole nitrogens is 1. The molecule has 0 spiro atoms. The van der Waals surface area contributed by atoms with Crippen molar-refractivity contribution in [2.75, 3.05) is 11.1 Å². The molecule has 0 saturated heterocycles. The number of fused-ring (bicyclic) bond motifs is 2. The Bertz CT molecular complexity index is 1320. The summed E-state index contributed by atoms with van der Waals surface area (Å²) in [7, 11) is 0. The van der Waals surface area contributed by atoms with Crippen LogP contribution in [0, 0.1) is 11.6 Å². The van der Waals surface area contributed by atoms with E-state index < -0.39 is 11.6 Å². The van der Waals surface area contributed by atoms with E-state index >= 15 is 0 Å². The fourth-order valence-corrected chi connectivity index (χ4v) is 3.18. The van der Waals surface area contributed by atoms with E-state index in [1.165, 1.54) is 12.4 Å². The molecule has 9 heteroatoms. The zero-order valence-corrected chi connectivity index (χ0v) is 14.3. The van der Waals surface area contributed by atoms with Crippen molar-refractivity contribution in [3.05, 3.63) is 66.6 Å². The van der Waals surface area contributed by atoms with Crippen molar-refractivity contribution in [1.29, 1.82) is 0 Å². The van der Waals surface area contributed by atoms with Crippen LogP contribution >= 0.6 is 0 Å². The number of rotatable bonds is 3. The highest BCUT2D eigenvalue weighted by Gasteiger charge is 2.12. The third-order valence-corrected chi connectivity index (χ3v) is 4.45. The van der Waals surface area contributed by atoms with Gasteiger partial charge >= 0.3 is 0 Å². The number of anilines is 3. The van der Waals surface area contributed by atoms with Gasteiger partial charge in [-0.3, -0.25) is 0 Å². The fourth-order valence-electron chi connectivity index (χ4n) is 3.18. The molecule has 0 saturated carbocycles. The van der Waals surface area contributed by atoms with Gasteiger partial charge in [-0.2, -0.15) is 5.10 Å². The average molecular weight is 377 g/mol. The maximum absolute atomic E-state index is 13.8. The largest absolute Gasteiger partial charge is 0.382 e. The number of hydrogen-bond donors (Lipinski definition) is 3. The highest BCUT2D eigenvalue weighted by atomic mass is 19.1. The van der Waals surface area contributed by atoms with Crippen LogP contribution in [0.4, 0.5) is 26.2 Å². The molecule has 0 unspecified atom stereocenters. The van der Waals surface area contributed by atoms with Crippen molar-refractivity contribution < 1.29 is 8.78 Å². The van der Waals surface area contributed by atoms with Crippen LogP contribution in [0.15, 0.2) is 55.0 Å². The quantitative estimate of drug-likeness (QED) is 0.443. The van der Waals surface area contributed by atoms with Gasteiger partial charge in [0.2, 0.25) is 5.95 Å². The maximum Gasteiger partial charge on any atom is 0.205 e. The van der Waals surface area contributed by atoms with Gasteiger partial charge < -0.3 is 16.0 Å². The molecule has 5 aromatic rings. The lowest BCUT2D eigenvalue weighted by Crippen LogP contribution is -1.98. The smallest absolute Gasteiger partial charge is 0.205 e. The number of nitrogen functional groups attached to an aromatic ring is 1. The van der Waals surface area contributed by atoms with Crippen LogP contribution in [0.3, 0.4) is 0 Å². The number of aromatic nitrogens is 5. The summed E-state index contributed by atoms with van der Waals surface area (Å²) in [6.07, 6.45) is 3.22. The number of imidazole rings is 1. The summed E-state index contributed by atoms with van der Waals surface area (Å²) in [5.41, 5.74) is 9.65. The van der Waals surface area contributed by atoms with Crippen molar-refractivity contribution in [2.45, 2.75) is 0 Å². The number of hydrogen-bond acceptors (Lipinski definition) is 5. The van der Waals surface area contributed by atoms with Gasteiger partial charge in [0.05, 0.1) is 5.52 Å². The van der Waals surface area contributed by atoms with E-state index in [0.29, 0.717) is 11.8 Å². The summed E-state index contributed by atoms with van der Waals surface area (Å²) >= 11 is 0. The molecule has 0 aliphatic heterocycles. The van der Waals surface area contributed by atoms with Crippen molar-refractivity contribution in [1.82, 2.24) is 24.6 Å². The summed E-state index contributed by atoms with van der Waals surface area (Å²) in [4.78, 5) is 11.0. The van der Waals surface area contributed by atoms with Gasteiger partial charge in [0.1, 0.15) is 23.2 Å². The third kappa shape index (κ3) is 2.60. The molecule has 28 heavy (non-hydrogen) atoms. The fraction of sp³-hybridized carbons (Fsp3) is 0. The summed E-state index contributed by atoms with van der Waals surface area (Å²) in [6, 6.07) is 11.4. The van der Waals surface area contributed by atoms with Crippen molar-refractivity contribution >= 4 is 34.0 Å². The van der Waals surface area contributed by atoms with Crippen molar-refractivity contribution in [3.63, 3.8) is 0 Å². The van der Waals surface area contributed by atoms with E-state index in [0.717, 1.165) is 28.4 Å². The molecule has 0 fully saturated rings. The second kappa shape index (κ2) is 6.02. The SMILES string of the molecule is Nc1ncnn2ccc(-c3ccc(Nc4nc5c(F)cc(F)cc5[nH]4)cc3)c12. The Morgan fingerprint density at radius 1 is 1.07 bits per heavy atom. The predicted molar refractivity (Wildman–Crippen MR) is 102 cm³/mol. The lowest BCUT2D eigenvalue weighted by atomic mass is 10.1. The first kappa shape index (κ1) is 16.2. The average Bonchev–Trinajstić information content (AvgIpc) is 3.27. The standard InChI is InChI=1S/C19H13F2N7/c20-11-7-14(21)16-15(8-11)26-19(27-16)25-12-3-1-10(2-4-12)13-5-6-28-17(13)18(22)23-9-24-28/h1-9H,(H2,22,23,24)(H2,25,26,27). The van der Waals surface area contributed by atoms with Gasteiger partial charge in [-0.05, 0) is 29.8 Å². The predicted octanol–water partition coefficient (Wildman–Crippen LogP) is 3.88. The Kier molecular flexibility index (Phi) is 3.48. The zero-order valence-electron chi connectivity index (χ0n) is 14.3. The molecule has 0 bridgehead atoms. The van der Waals surface area contributed by atoms with E-state index in [1.54, 1.807) is 4.52 Å². The summed E-state index contributed by atoms with van der Waals surface area (Å²) in [6.45, 7) is 0. The number of halogens is 2. The number of nitrogens with zero attached hydrogens (tertiary/aromatic N) is 4. The summed E-state index contributed by atoms with van der Waals surface area (Å²) < 4.78 is 28.8. The highest BCUT2D eigenvalue weighted by Crippen LogP contribution is 2.29. The topological polar surface area (TPSA) is 96.9 Å². The number of aromatic amines is 1. The third-order valence-electron chi connectivity index (χ3n) is 4.45. The molecule has 0 aliphatic rings. The number of nitrogens with two attached hydrogens (primary N) is 1. The monoisotopic (exact) mass is 377 g/mol. The van der Waals surface area contributed by atoms with Crippen molar-refractivity contribution in [3.8, 4) is 11.1 Å². The van der Waals surface area contributed by atoms with Gasteiger partial charge in [0, 0.05) is 23.5 Å². The van der Waals surface area contributed by atoms with Crippen LogP contribution in [0.2, 0.25) is 0 Å². The highest BCUT2D eigenvalue weighted by molar-refractivity contribution is 5.88. The van der Waals surface area contributed by atoms with Crippen LogP contribution in [-0.2, 0) is 0 Å². The van der Waals surface area contributed by atoms with E-state index in [1.807, 2.05) is 36.5 Å². The lowest BCUT2D eigenvalue weighted by molar-refractivity contribution is 0.591. The van der Waals surface area contributed by atoms with Gasteiger partial charge in [0.15, 0.2) is 11.6 Å². The van der Waals surface area contributed by atoms with Crippen LogP contribution < -0.4 is 11.1 Å². The Labute approximate surface area is 156 Å². The van der Waals surface area contributed by atoms with E-state index in [-0.39, 0.29) is 11.0 Å². The second-order valence-electron chi connectivity index (χ2n) is 6.24. The maximum atomic E-state index is 13.8. The van der Waals surface area contributed by atoms with E-state index in [2.05, 4.69) is 25.4 Å². The summed E-state index contributed by atoms with van der Waals surface area (Å²) in [5, 5.41) is 7.19.